The van der Waals surface area contributed by atoms with Gasteiger partial charge < -0.3 is 0 Å². The summed E-state index contributed by atoms with van der Waals surface area (Å²) in [6, 6.07) is 8.99. The molecule has 0 spiro atoms. The van der Waals surface area contributed by atoms with Crippen LogP contribution >= 0.6 is 0 Å². The van der Waals surface area contributed by atoms with Crippen molar-refractivity contribution in [3.05, 3.63) is 64.3 Å². The first-order valence-electron chi connectivity index (χ1n) is 7.10. The summed E-state index contributed by atoms with van der Waals surface area (Å²) in [4.78, 5) is 0. The van der Waals surface area contributed by atoms with E-state index in [0.717, 1.165) is 0 Å². The van der Waals surface area contributed by atoms with Crippen molar-refractivity contribution in [1.29, 1.82) is 0 Å². The van der Waals surface area contributed by atoms with Gasteiger partial charge in [0.2, 0.25) is 0 Å². The van der Waals surface area contributed by atoms with Gasteiger partial charge in [0.25, 0.3) is 0 Å². The van der Waals surface area contributed by atoms with Crippen LogP contribution in [0, 0.1) is 0 Å². The highest BCUT2D eigenvalue weighted by Crippen LogP contribution is 2.45. The summed E-state index contributed by atoms with van der Waals surface area (Å²) in [6.07, 6.45) is 12.2. The smallest absolute Gasteiger partial charge is 0.00948 e. The Labute approximate surface area is 109 Å². The molecule has 0 heteroatoms. The maximum absolute atomic E-state index is 2.35. The van der Waals surface area contributed by atoms with Crippen LogP contribution in [0.3, 0.4) is 0 Å². The maximum Gasteiger partial charge on any atom is -0.00948 e. The first-order valence-corrected chi connectivity index (χ1v) is 7.10. The number of fused-ring (bicyclic) bond motifs is 1. The van der Waals surface area contributed by atoms with Crippen molar-refractivity contribution in [3.8, 4) is 0 Å². The molecule has 0 aromatic heterocycles. The number of hydrogen-bond acceptors (Lipinski definition) is 0. The van der Waals surface area contributed by atoms with Gasteiger partial charge in [0.15, 0.2) is 0 Å². The molecule has 4 rings (SSSR count). The van der Waals surface area contributed by atoms with E-state index in [1.54, 1.807) is 27.9 Å². The Morgan fingerprint density at radius 2 is 1.50 bits per heavy atom. The van der Waals surface area contributed by atoms with Crippen molar-refractivity contribution in [2.24, 2.45) is 0 Å². The van der Waals surface area contributed by atoms with Gasteiger partial charge in [0.1, 0.15) is 0 Å². The summed E-state index contributed by atoms with van der Waals surface area (Å²) in [5.74, 6) is 0. The minimum Gasteiger partial charge on any atom is -0.0841 e. The molecule has 0 fully saturated rings. The fourth-order valence-electron chi connectivity index (χ4n) is 3.78. The number of benzene rings is 1. The molecule has 0 nitrogen and oxygen atoms in total. The lowest BCUT2D eigenvalue weighted by atomic mass is 9.92. The minimum absolute atomic E-state index is 1.18. The average molecular weight is 234 g/mol. The predicted octanol–water partition coefficient (Wildman–Crippen LogP) is 4.83. The van der Waals surface area contributed by atoms with Crippen molar-refractivity contribution in [3.63, 3.8) is 0 Å². The summed E-state index contributed by atoms with van der Waals surface area (Å²) in [5, 5.41) is 0. The molecule has 3 aliphatic rings. The van der Waals surface area contributed by atoms with E-state index in [-0.39, 0.29) is 0 Å². The molecule has 1 aromatic carbocycles. The Hall–Kier alpha value is -1.56. The van der Waals surface area contributed by atoms with Gasteiger partial charge in [-0.25, -0.2) is 0 Å². The van der Waals surface area contributed by atoms with Gasteiger partial charge in [0.05, 0.1) is 0 Å². The molecule has 0 amide bonds. The topological polar surface area (TPSA) is 0 Å². The summed E-state index contributed by atoms with van der Waals surface area (Å²) >= 11 is 0. The molecule has 0 atom stereocenters. The lowest BCUT2D eigenvalue weighted by Crippen LogP contribution is -1.92. The Morgan fingerprint density at radius 3 is 2.50 bits per heavy atom. The molecule has 0 N–H and O–H groups in total. The van der Waals surface area contributed by atoms with Crippen LogP contribution in [0.1, 0.15) is 43.2 Å². The quantitative estimate of drug-likeness (QED) is 0.564. The number of rotatable bonds is 0. The van der Waals surface area contributed by atoms with E-state index in [0.29, 0.717) is 0 Å². The second kappa shape index (κ2) is 3.98. The molecular formula is C18H18. The molecular weight excluding hydrogens is 216 g/mol. The van der Waals surface area contributed by atoms with Gasteiger partial charge in [-0.1, -0.05) is 42.0 Å². The van der Waals surface area contributed by atoms with E-state index in [4.69, 9.17) is 0 Å². The Morgan fingerprint density at radius 1 is 0.667 bits per heavy atom. The molecule has 1 aromatic rings. The fraction of sp³-hybridized carbons (Fsp3) is 0.333. The molecule has 0 heterocycles. The highest BCUT2D eigenvalue weighted by Gasteiger charge is 2.26. The summed E-state index contributed by atoms with van der Waals surface area (Å²) in [6.45, 7) is 0. The Balaban J connectivity index is 1.84. The van der Waals surface area contributed by atoms with Crippen molar-refractivity contribution >= 4 is 5.57 Å². The monoisotopic (exact) mass is 234 g/mol. The zero-order chi connectivity index (χ0) is 11.9. The first-order chi connectivity index (χ1) is 8.93. The standard InChI is InChI=1S/C18H18/c1-3-7-15-13(5-1)9-11-17(15)18-12-10-14-6-2-4-8-16(14)18/h1-5,7H,6,8-12H2/b18-17+. The third kappa shape index (κ3) is 1.45. The summed E-state index contributed by atoms with van der Waals surface area (Å²) in [5.41, 5.74) is 9.84. The molecule has 0 bridgehead atoms. The highest BCUT2D eigenvalue weighted by atomic mass is 14.3. The van der Waals surface area contributed by atoms with E-state index in [1.165, 1.54) is 44.1 Å². The van der Waals surface area contributed by atoms with Gasteiger partial charge in [0, 0.05) is 0 Å². The zero-order valence-electron chi connectivity index (χ0n) is 10.7. The van der Waals surface area contributed by atoms with Gasteiger partial charge in [-0.15, -0.1) is 0 Å². The summed E-state index contributed by atoms with van der Waals surface area (Å²) in [7, 11) is 0. The highest BCUT2D eigenvalue weighted by molar-refractivity contribution is 5.79. The fourth-order valence-corrected chi connectivity index (χ4v) is 3.78. The molecule has 0 saturated heterocycles. The number of aryl methyl sites for hydroxylation is 1. The Bertz CT molecular complexity index is 596. The largest absolute Gasteiger partial charge is 0.0841 e. The molecule has 0 radical (unpaired) electrons. The van der Waals surface area contributed by atoms with E-state index in [2.05, 4.69) is 36.4 Å². The van der Waals surface area contributed by atoms with Crippen LogP contribution in [-0.4, -0.2) is 0 Å². The second-order valence-corrected chi connectivity index (χ2v) is 5.58. The molecule has 0 unspecified atom stereocenters. The molecule has 0 saturated carbocycles. The van der Waals surface area contributed by atoms with Crippen LogP contribution in [0.25, 0.3) is 5.57 Å². The molecule has 0 aliphatic heterocycles. The van der Waals surface area contributed by atoms with Gasteiger partial charge in [-0.2, -0.15) is 0 Å². The summed E-state index contributed by atoms with van der Waals surface area (Å²) < 4.78 is 0. The van der Waals surface area contributed by atoms with E-state index in [9.17, 15) is 0 Å². The predicted molar refractivity (Wildman–Crippen MR) is 76.3 cm³/mol. The molecule has 18 heavy (non-hydrogen) atoms. The number of allylic oxidation sites excluding steroid dienone is 6. The SMILES string of the molecule is C1=CCC2=C(C1)CC/C2=C1/CCc2ccccc21. The lowest BCUT2D eigenvalue weighted by molar-refractivity contribution is 0.966. The Kier molecular flexibility index (Phi) is 2.29. The van der Waals surface area contributed by atoms with Gasteiger partial charge in [-0.05, 0) is 66.4 Å². The molecule has 3 aliphatic carbocycles. The van der Waals surface area contributed by atoms with Crippen LogP contribution in [0.5, 0.6) is 0 Å². The average Bonchev–Trinajstić information content (AvgIpc) is 3.01. The van der Waals surface area contributed by atoms with Crippen molar-refractivity contribution in [1.82, 2.24) is 0 Å². The zero-order valence-corrected chi connectivity index (χ0v) is 10.7. The van der Waals surface area contributed by atoms with Gasteiger partial charge >= 0.3 is 0 Å². The number of hydrogen-bond donors (Lipinski definition) is 0. The van der Waals surface area contributed by atoms with Crippen molar-refractivity contribution in [2.45, 2.75) is 38.5 Å². The van der Waals surface area contributed by atoms with Crippen molar-refractivity contribution < 1.29 is 0 Å². The second-order valence-electron chi connectivity index (χ2n) is 5.58. The van der Waals surface area contributed by atoms with E-state index in [1.807, 2.05) is 0 Å². The van der Waals surface area contributed by atoms with Crippen LogP contribution < -0.4 is 0 Å². The normalized spacial score (nSPS) is 25.6. The van der Waals surface area contributed by atoms with Crippen LogP contribution in [-0.2, 0) is 6.42 Å². The first kappa shape index (κ1) is 10.4. The van der Waals surface area contributed by atoms with E-state index >= 15 is 0 Å². The van der Waals surface area contributed by atoms with Crippen molar-refractivity contribution in [2.75, 3.05) is 0 Å². The van der Waals surface area contributed by atoms with Crippen LogP contribution in [0.15, 0.2) is 53.1 Å². The lowest BCUT2D eigenvalue weighted by Gasteiger charge is -2.13. The van der Waals surface area contributed by atoms with Gasteiger partial charge in [-0.3, -0.25) is 0 Å². The maximum atomic E-state index is 2.35. The van der Waals surface area contributed by atoms with E-state index < -0.39 is 0 Å². The van der Waals surface area contributed by atoms with Crippen LogP contribution in [0.2, 0.25) is 0 Å². The molecule has 90 valence electrons. The third-order valence-corrected chi connectivity index (χ3v) is 4.67. The minimum atomic E-state index is 1.18. The third-order valence-electron chi connectivity index (χ3n) is 4.67. The van der Waals surface area contributed by atoms with Crippen LogP contribution in [0.4, 0.5) is 0 Å².